The zero-order valence-corrected chi connectivity index (χ0v) is 10.7. The quantitative estimate of drug-likeness (QED) is 0.683. The molecule has 0 aliphatic carbocycles. The van der Waals surface area contributed by atoms with Crippen LogP contribution in [-0.4, -0.2) is 26.7 Å². The fourth-order valence-electron chi connectivity index (χ4n) is 1.56. The summed E-state index contributed by atoms with van der Waals surface area (Å²) in [5.74, 6) is 0. The first-order valence-electron chi connectivity index (χ1n) is 5.92. The van der Waals surface area contributed by atoms with Crippen molar-refractivity contribution in [1.82, 2.24) is 10.6 Å². The van der Waals surface area contributed by atoms with Gasteiger partial charge in [-0.05, 0) is 63.6 Å². The first-order valence-corrected chi connectivity index (χ1v) is 6.30. The Morgan fingerprint density at radius 2 is 1.69 bits per heavy atom. The topological polar surface area (TPSA) is 24.1 Å². The number of hydrogen-bond donors (Lipinski definition) is 2. The van der Waals surface area contributed by atoms with Gasteiger partial charge in [0, 0.05) is 5.02 Å². The van der Waals surface area contributed by atoms with Crippen molar-refractivity contribution in [2.24, 2.45) is 0 Å². The Balaban J connectivity index is 2.01. The molecule has 0 unspecified atom stereocenters. The zero-order chi connectivity index (χ0) is 11.6. The van der Waals surface area contributed by atoms with Crippen molar-refractivity contribution in [2.45, 2.75) is 19.3 Å². The lowest BCUT2D eigenvalue weighted by atomic mass is 10.1. The van der Waals surface area contributed by atoms with E-state index >= 15 is 0 Å². The van der Waals surface area contributed by atoms with Gasteiger partial charge in [-0.1, -0.05) is 23.7 Å². The Morgan fingerprint density at radius 3 is 2.38 bits per heavy atom. The van der Waals surface area contributed by atoms with E-state index in [1.54, 1.807) is 0 Å². The molecule has 90 valence electrons. The number of halogens is 1. The lowest BCUT2D eigenvalue weighted by molar-refractivity contribution is 0.606. The first-order chi connectivity index (χ1) is 7.83. The third-order valence-corrected chi connectivity index (χ3v) is 2.79. The van der Waals surface area contributed by atoms with Crippen molar-refractivity contribution in [3.63, 3.8) is 0 Å². The van der Waals surface area contributed by atoms with E-state index in [2.05, 4.69) is 22.8 Å². The van der Waals surface area contributed by atoms with Gasteiger partial charge in [0.05, 0.1) is 0 Å². The maximum Gasteiger partial charge on any atom is 0.0406 e. The van der Waals surface area contributed by atoms with Crippen LogP contribution in [0.3, 0.4) is 0 Å². The summed E-state index contributed by atoms with van der Waals surface area (Å²) in [5.41, 5.74) is 1.34. The van der Waals surface area contributed by atoms with Gasteiger partial charge in [0.2, 0.25) is 0 Å². The van der Waals surface area contributed by atoms with Crippen LogP contribution >= 0.6 is 11.6 Å². The smallest absolute Gasteiger partial charge is 0.0406 e. The second-order valence-corrected chi connectivity index (χ2v) is 4.37. The highest BCUT2D eigenvalue weighted by Gasteiger charge is 1.93. The minimum Gasteiger partial charge on any atom is -0.320 e. The standard InChI is InChI=1S/C13H21ClN2/c1-15-9-2-3-10-16-11-8-12-4-6-13(14)7-5-12/h4-7,15-16H,2-3,8-11H2,1H3. The Morgan fingerprint density at radius 1 is 1.00 bits per heavy atom. The summed E-state index contributed by atoms with van der Waals surface area (Å²) in [6, 6.07) is 8.07. The lowest BCUT2D eigenvalue weighted by Crippen LogP contribution is -2.19. The van der Waals surface area contributed by atoms with Crippen LogP contribution < -0.4 is 10.6 Å². The van der Waals surface area contributed by atoms with Crippen molar-refractivity contribution in [2.75, 3.05) is 26.7 Å². The van der Waals surface area contributed by atoms with Crippen molar-refractivity contribution in [1.29, 1.82) is 0 Å². The maximum atomic E-state index is 5.82. The van der Waals surface area contributed by atoms with Crippen LogP contribution in [-0.2, 0) is 6.42 Å². The van der Waals surface area contributed by atoms with Gasteiger partial charge in [0.25, 0.3) is 0 Å². The highest BCUT2D eigenvalue weighted by Crippen LogP contribution is 2.09. The van der Waals surface area contributed by atoms with Crippen molar-refractivity contribution >= 4 is 11.6 Å². The van der Waals surface area contributed by atoms with E-state index in [4.69, 9.17) is 11.6 Å². The molecule has 2 nitrogen and oxygen atoms in total. The van der Waals surface area contributed by atoms with Gasteiger partial charge in [-0.25, -0.2) is 0 Å². The lowest BCUT2D eigenvalue weighted by Gasteiger charge is -2.05. The molecule has 1 aromatic carbocycles. The summed E-state index contributed by atoms with van der Waals surface area (Å²) in [6.45, 7) is 3.26. The van der Waals surface area contributed by atoms with E-state index in [-0.39, 0.29) is 0 Å². The predicted molar refractivity (Wildman–Crippen MR) is 71.2 cm³/mol. The number of benzene rings is 1. The number of unbranched alkanes of at least 4 members (excludes halogenated alkanes) is 1. The molecule has 0 aliphatic rings. The SMILES string of the molecule is CNCCCCNCCc1ccc(Cl)cc1. The molecule has 0 heterocycles. The minimum absolute atomic E-state index is 0.809. The summed E-state index contributed by atoms with van der Waals surface area (Å²) in [4.78, 5) is 0. The summed E-state index contributed by atoms with van der Waals surface area (Å²) < 4.78 is 0. The van der Waals surface area contributed by atoms with Crippen LogP contribution in [0, 0.1) is 0 Å². The van der Waals surface area contributed by atoms with Crippen LogP contribution in [0.4, 0.5) is 0 Å². The average molecular weight is 241 g/mol. The van der Waals surface area contributed by atoms with Gasteiger partial charge in [-0.15, -0.1) is 0 Å². The van der Waals surface area contributed by atoms with Crippen molar-refractivity contribution in [3.8, 4) is 0 Å². The second kappa shape index (κ2) is 8.57. The molecule has 0 fully saturated rings. The highest BCUT2D eigenvalue weighted by atomic mass is 35.5. The Labute approximate surface area is 103 Å². The van der Waals surface area contributed by atoms with Crippen LogP contribution in [0.15, 0.2) is 24.3 Å². The number of hydrogen-bond acceptors (Lipinski definition) is 2. The predicted octanol–water partition coefficient (Wildman–Crippen LogP) is 2.47. The molecule has 1 rings (SSSR count). The summed E-state index contributed by atoms with van der Waals surface area (Å²) in [5, 5.41) is 7.41. The molecule has 0 radical (unpaired) electrons. The number of nitrogens with one attached hydrogen (secondary N) is 2. The van der Waals surface area contributed by atoms with Crippen LogP contribution in [0.25, 0.3) is 0 Å². The van der Waals surface area contributed by atoms with Crippen LogP contribution in [0.2, 0.25) is 5.02 Å². The van der Waals surface area contributed by atoms with E-state index in [1.807, 2.05) is 19.2 Å². The fraction of sp³-hybridized carbons (Fsp3) is 0.538. The first kappa shape index (κ1) is 13.5. The third-order valence-electron chi connectivity index (χ3n) is 2.53. The summed E-state index contributed by atoms with van der Waals surface area (Å²) in [7, 11) is 1.99. The molecule has 0 atom stereocenters. The fourth-order valence-corrected chi connectivity index (χ4v) is 1.69. The van der Waals surface area contributed by atoms with Crippen molar-refractivity contribution in [3.05, 3.63) is 34.9 Å². The molecule has 16 heavy (non-hydrogen) atoms. The minimum atomic E-state index is 0.809. The zero-order valence-electron chi connectivity index (χ0n) is 9.93. The van der Waals surface area contributed by atoms with E-state index < -0.39 is 0 Å². The largest absolute Gasteiger partial charge is 0.320 e. The van der Waals surface area contributed by atoms with Gasteiger partial charge >= 0.3 is 0 Å². The normalized spacial score (nSPS) is 10.6. The second-order valence-electron chi connectivity index (χ2n) is 3.94. The van der Waals surface area contributed by atoms with E-state index in [0.29, 0.717) is 0 Å². The van der Waals surface area contributed by atoms with Gasteiger partial charge in [0.15, 0.2) is 0 Å². The van der Waals surface area contributed by atoms with Gasteiger partial charge in [0.1, 0.15) is 0 Å². The van der Waals surface area contributed by atoms with Crippen LogP contribution in [0.5, 0.6) is 0 Å². The average Bonchev–Trinajstić information content (AvgIpc) is 2.30. The molecular weight excluding hydrogens is 220 g/mol. The van der Waals surface area contributed by atoms with E-state index in [0.717, 1.165) is 31.1 Å². The number of rotatable bonds is 8. The van der Waals surface area contributed by atoms with E-state index in [9.17, 15) is 0 Å². The Kier molecular flexibility index (Phi) is 7.23. The Hall–Kier alpha value is -0.570. The highest BCUT2D eigenvalue weighted by molar-refractivity contribution is 6.30. The van der Waals surface area contributed by atoms with Crippen molar-refractivity contribution < 1.29 is 0 Å². The third kappa shape index (κ3) is 6.11. The van der Waals surface area contributed by atoms with Gasteiger partial charge < -0.3 is 10.6 Å². The molecule has 3 heteroatoms. The Bertz CT molecular complexity index is 272. The summed E-state index contributed by atoms with van der Waals surface area (Å²) in [6.07, 6.45) is 3.55. The molecule has 0 saturated heterocycles. The molecule has 0 spiro atoms. The molecule has 0 saturated carbocycles. The van der Waals surface area contributed by atoms with Gasteiger partial charge in [-0.3, -0.25) is 0 Å². The van der Waals surface area contributed by atoms with E-state index in [1.165, 1.54) is 18.4 Å². The molecular formula is C13H21ClN2. The van der Waals surface area contributed by atoms with Gasteiger partial charge in [-0.2, -0.15) is 0 Å². The molecule has 2 N–H and O–H groups in total. The van der Waals surface area contributed by atoms with Crippen LogP contribution in [0.1, 0.15) is 18.4 Å². The molecule has 0 amide bonds. The summed E-state index contributed by atoms with van der Waals surface area (Å²) >= 11 is 5.82. The maximum absolute atomic E-state index is 5.82. The molecule has 1 aromatic rings. The molecule has 0 aromatic heterocycles. The monoisotopic (exact) mass is 240 g/mol. The molecule has 0 aliphatic heterocycles. The molecule has 0 bridgehead atoms.